The van der Waals surface area contributed by atoms with Crippen molar-refractivity contribution in [3.63, 3.8) is 0 Å². The van der Waals surface area contributed by atoms with Crippen molar-refractivity contribution in [3.8, 4) is 0 Å². The van der Waals surface area contributed by atoms with Crippen molar-refractivity contribution in [1.29, 1.82) is 0 Å². The van der Waals surface area contributed by atoms with E-state index < -0.39 is 0 Å². The highest BCUT2D eigenvalue weighted by molar-refractivity contribution is 5.87. The Balaban J connectivity index is 1.57. The predicted octanol–water partition coefficient (Wildman–Crippen LogP) is 3.84. The number of amidine groups is 1. The molecule has 0 aromatic heterocycles. The zero-order valence-electron chi connectivity index (χ0n) is 15.2. The number of benzene rings is 2. The molecule has 0 radical (unpaired) electrons. The first-order valence-electron chi connectivity index (χ1n) is 9.40. The van der Waals surface area contributed by atoms with Crippen LogP contribution < -0.4 is 5.32 Å². The van der Waals surface area contributed by atoms with Crippen LogP contribution in [0, 0.1) is 0 Å². The number of nitrogens with zero attached hydrogens (tertiary/aromatic N) is 1. The Bertz CT molecular complexity index is 741. The lowest BCUT2D eigenvalue weighted by Crippen LogP contribution is -2.43. The van der Waals surface area contributed by atoms with E-state index in [0.717, 1.165) is 31.9 Å². The largest absolute Gasteiger partial charge is 0.381 e. The third kappa shape index (κ3) is 3.53. The van der Waals surface area contributed by atoms with E-state index in [2.05, 4.69) is 66.8 Å². The predicted molar refractivity (Wildman–Crippen MR) is 103 cm³/mol. The average Bonchev–Trinajstić information content (AvgIpc) is 3.06. The lowest BCUT2D eigenvalue weighted by molar-refractivity contribution is -0.0194. The first-order valence-corrected chi connectivity index (χ1v) is 9.40. The third-order valence-electron chi connectivity index (χ3n) is 5.35. The molecule has 4 rings (SSSR count). The highest BCUT2D eigenvalue weighted by Crippen LogP contribution is 2.41. The SMILES string of the molecule is C[C@@]1(c2ccccc2)NC(COC2CCOCC2)=N[C@@H]1c1ccccc1. The minimum absolute atomic E-state index is 0.0272. The summed E-state index contributed by atoms with van der Waals surface area (Å²) in [6.45, 7) is 4.33. The fraction of sp³-hybridized carbons (Fsp3) is 0.409. The monoisotopic (exact) mass is 350 g/mol. The fourth-order valence-electron chi connectivity index (χ4n) is 3.86. The number of aliphatic imine (C=N–C) groups is 1. The number of hydrogen-bond acceptors (Lipinski definition) is 4. The van der Waals surface area contributed by atoms with Crippen LogP contribution in [-0.4, -0.2) is 31.8 Å². The zero-order valence-corrected chi connectivity index (χ0v) is 15.2. The molecule has 0 unspecified atom stereocenters. The van der Waals surface area contributed by atoms with Gasteiger partial charge in [0.2, 0.25) is 0 Å². The van der Waals surface area contributed by atoms with E-state index in [4.69, 9.17) is 14.5 Å². The fourth-order valence-corrected chi connectivity index (χ4v) is 3.86. The number of nitrogens with one attached hydrogen (secondary N) is 1. The Labute approximate surface area is 155 Å². The second-order valence-electron chi connectivity index (χ2n) is 7.21. The van der Waals surface area contributed by atoms with Crippen LogP contribution in [0.5, 0.6) is 0 Å². The van der Waals surface area contributed by atoms with Gasteiger partial charge in [0, 0.05) is 13.2 Å². The van der Waals surface area contributed by atoms with Crippen molar-refractivity contribution in [2.75, 3.05) is 19.8 Å². The van der Waals surface area contributed by atoms with Crippen LogP contribution in [0.3, 0.4) is 0 Å². The van der Waals surface area contributed by atoms with Gasteiger partial charge in [-0.05, 0) is 30.9 Å². The van der Waals surface area contributed by atoms with Gasteiger partial charge in [0.05, 0.1) is 11.6 Å². The zero-order chi connectivity index (χ0) is 17.8. The minimum Gasteiger partial charge on any atom is -0.381 e. The molecule has 4 nitrogen and oxygen atoms in total. The minimum atomic E-state index is -0.281. The van der Waals surface area contributed by atoms with Gasteiger partial charge in [-0.2, -0.15) is 0 Å². The summed E-state index contributed by atoms with van der Waals surface area (Å²) in [5.74, 6) is 0.927. The summed E-state index contributed by atoms with van der Waals surface area (Å²) < 4.78 is 11.5. The van der Waals surface area contributed by atoms with E-state index in [0.29, 0.717) is 6.61 Å². The van der Waals surface area contributed by atoms with Gasteiger partial charge in [0.1, 0.15) is 18.5 Å². The highest BCUT2D eigenvalue weighted by atomic mass is 16.5. The number of rotatable bonds is 5. The molecular weight excluding hydrogens is 324 g/mol. The van der Waals surface area contributed by atoms with Crippen molar-refractivity contribution < 1.29 is 9.47 Å². The molecule has 0 amide bonds. The molecule has 136 valence electrons. The second-order valence-corrected chi connectivity index (χ2v) is 7.21. The average molecular weight is 350 g/mol. The van der Waals surface area contributed by atoms with Crippen LogP contribution in [0.4, 0.5) is 0 Å². The molecule has 1 N–H and O–H groups in total. The van der Waals surface area contributed by atoms with Gasteiger partial charge in [-0.3, -0.25) is 4.99 Å². The summed E-state index contributed by atoms with van der Waals surface area (Å²) >= 11 is 0. The maximum atomic E-state index is 6.11. The molecule has 2 heterocycles. The molecule has 2 aromatic rings. The van der Waals surface area contributed by atoms with Gasteiger partial charge in [-0.15, -0.1) is 0 Å². The summed E-state index contributed by atoms with van der Waals surface area (Å²) in [6, 6.07) is 21.1. The Kier molecular flexibility index (Phi) is 5.05. The van der Waals surface area contributed by atoms with Crippen LogP contribution in [0.25, 0.3) is 0 Å². The van der Waals surface area contributed by atoms with Crippen molar-refractivity contribution in [2.24, 2.45) is 4.99 Å². The van der Waals surface area contributed by atoms with Crippen LogP contribution in [0.2, 0.25) is 0 Å². The first-order chi connectivity index (χ1) is 12.8. The molecule has 0 aliphatic carbocycles. The number of ether oxygens (including phenoxy) is 2. The van der Waals surface area contributed by atoms with Crippen molar-refractivity contribution >= 4 is 5.84 Å². The Hall–Kier alpha value is -2.17. The van der Waals surface area contributed by atoms with E-state index >= 15 is 0 Å². The van der Waals surface area contributed by atoms with Crippen LogP contribution in [0.15, 0.2) is 65.7 Å². The maximum absolute atomic E-state index is 6.11. The first kappa shape index (κ1) is 17.3. The van der Waals surface area contributed by atoms with Crippen molar-refractivity contribution in [3.05, 3.63) is 71.8 Å². The molecule has 0 bridgehead atoms. The van der Waals surface area contributed by atoms with Gasteiger partial charge < -0.3 is 14.8 Å². The van der Waals surface area contributed by atoms with Gasteiger partial charge in [-0.1, -0.05) is 60.7 Å². The molecule has 2 atom stereocenters. The molecule has 0 spiro atoms. The molecule has 26 heavy (non-hydrogen) atoms. The van der Waals surface area contributed by atoms with Gasteiger partial charge in [0.25, 0.3) is 0 Å². The summed E-state index contributed by atoms with van der Waals surface area (Å²) in [7, 11) is 0. The standard InChI is InChI=1S/C22H26N2O2/c1-22(18-10-6-3-7-11-18)21(17-8-4-2-5-9-17)23-20(24-22)16-26-19-12-14-25-15-13-19/h2-11,19,21H,12-16H2,1H3,(H,23,24)/t21-,22+/m1/s1. The Morgan fingerprint density at radius 3 is 2.38 bits per heavy atom. The smallest absolute Gasteiger partial charge is 0.124 e. The molecule has 0 saturated carbocycles. The highest BCUT2D eigenvalue weighted by Gasteiger charge is 2.42. The molecular formula is C22H26N2O2. The molecule has 1 fully saturated rings. The van der Waals surface area contributed by atoms with Crippen LogP contribution in [-0.2, 0) is 15.0 Å². The van der Waals surface area contributed by atoms with Gasteiger partial charge >= 0.3 is 0 Å². The number of hydrogen-bond donors (Lipinski definition) is 1. The van der Waals surface area contributed by atoms with E-state index in [-0.39, 0.29) is 17.7 Å². The third-order valence-corrected chi connectivity index (χ3v) is 5.35. The van der Waals surface area contributed by atoms with Crippen LogP contribution >= 0.6 is 0 Å². The Morgan fingerprint density at radius 2 is 1.69 bits per heavy atom. The molecule has 2 aliphatic rings. The van der Waals surface area contributed by atoms with Gasteiger partial charge in [-0.25, -0.2) is 0 Å². The summed E-state index contributed by atoms with van der Waals surface area (Å²) in [6.07, 6.45) is 2.20. The molecule has 2 aliphatic heterocycles. The molecule has 2 aromatic carbocycles. The summed E-state index contributed by atoms with van der Waals surface area (Å²) in [4.78, 5) is 5.02. The van der Waals surface area contributed by atoms with Crippen molar-refractivity contribution in [1.82, 2.24) is 5.32 Å². The normalized spacial score (nSPS) is 26.3. The van der Waals surface area contributed by atoms with E-state index in [1.54, 1.807) is 0 Å². The van der Waals surface area contributed by atoms with Gasteiger partial charge in [0.15, 0.2) is 0 Å². The summed E-state index contributed by atoms with van der Waals surface area (Å²) in [5.41, 5.74) is 2.17. The summed E-state index contributed by atoms with van der Waals surface area (Å²) in [5, 5.41) is 3.67. The van der Waals surface area contributed by atoms with E-state index in [1.165, 1.54) is 11.1 Å². The maximum Gasteiger partial charge on any atom is 0.124 e. The molecule has 4 heteroatoms. The topological polar surface area (TPSA) is 42.8 Å². The van der Waals surface area contributed by atoms with E-state index in [9.17, 15) is 0 Å². The van der Waals surface area contributed by atoms with Crippen molar-refractivity contribution in [2.45, 2.75) is 37.5 Å². The second kappa shape index (κ2) is 7.60. The quantitative estimate of drug-likeness (QED) is 0.891. The lowest BCUT2D eigenvalue weighted by Gasteiger charge is -2.32. The van der Waals surface area contributed by atoms with E-state index in [1.807, 2.05) is 6.07 Å². The Morgan fingerprint density at radius 1 is 1.04 bits per heavy atom. The molecule has 1 saturated heterocycles. The lowest BCUT2D eigenvalue weighted by atomic mass is 9.82. The van der Waals surface area contributed by atoms with Crippen LogP contribution in [0.1, 0.15) is 36.9 Å².